The summed E-state index contributed by atoms with van der Waals surface area (Å²) in [5, 5.41) is 0.486. The Hall–Kier alpha value is -2.45. The summed E-state index contributed by atoms with van der Waals surface area (Å²) >= 11 is 1.35. The van der Waals surface area contributed by atoms with Crippen LogP contribution in [0.2, 0.25) is 0 Å². The molecular weight excluding hydrogens is 375 g/mol. The Morgan fingerprint density at radius 1 is 1.15 bits per heavy atom. The molecule has 0 unspecified atom stereocenters. The standard InChI is InChI=1S/C19H18F3N3OS/c1-24(2)10-11-25(18-23-15-8-3-4-9-16(15)27-18)17(26)13-6-5-7-14(12-13)19(20,21)22/h3-9,12H,10-11H2,1-2H3/p+1. The quantitative estimate of drug-likeness (QED) is 0.722. The number of carbonyl (C=O) groups excluding carboxylic acids is 1. The van der Waals surface area contributed by atoms with Crippen LogP contribution in [0, 0.1) is 0 Å². The van der Waals surface area contributed by atoms with Gasteiger partial charge < -0.3 is 4.90 Å². The highest BCUT2D eigenvalue weighted by Crippen LogP contribution is 2.32. The lowest BCUT2D eigenvalue weighted by Gasteiger charge is -2.21. The van der Waals surface area contributed by atoms with Crippen LogP contribution in [0.4, 0.5) is 18.3 Å². The van der Waals surface area contributed by atoms with Gasteiger partial charge in [0.25, 0.3) is 5.91 Å². The van der Waals surface area contributed by atoms with E-state index in [1.165, 1.54) is 28.4 Å². The fraction of sp³-hybridized carbons (Fsp3) is 0.263. The fourth-order valence-corrected chi connectivity index (χ4v) is 3.57. The summed E-state index contributed by atoms with van der Waals surface area (Å²) in [6, 6.07) is 12.0. The van der Waals surface area contributed by atoms with E-state index in [-0.39, 0.29) is 5.56 Å². The van der Waals surface area contributed by atoms with Crippen molar-refractivity contribution >= 4 is 32.6 Å². The molecule has 0 aliphatic heterocycles. The van der Waals surface area contributed by atoms with E-state index in [0.29, 0.717) is 18.2 Å². The summed E-state index contributed by atoms with van der Waals surface area (Å²) in [7, 11) is 3.90. The van der Waals surface area contributed by atoms with Crippen LogP contribution < -0.4 is 9.80 Å². The fourth-order valence-electron chi connectivity index (χ4n) is 2.58. The van der Waals surface area contributed by atoms with Crippen LogP contribution in [0.5, 0.6) is 0 Å². The maximum atomic E-state index is 13.0. The van der Waals surface area contributed by atoms with E-state index in [2.05, 4.69) is 4.98 Å². The molecule has 0 spiro atoms. The van der Waals surface area contributed by atoms with Gasteiger partial charge in [0.1, 0.15) is 0 Å². The highest BCUT2D eigenvalue weighted by molar-refractivity contribution is 7.22. The smallest absolute Gasteiger partial charge is 0.338 e. The Bertz CT molecular complexity index is 920. The molecule has 3 aromatic rings. The number of alkyl halides is 3. The molecule has 0 saturated carbocycles. The summed E-state index contributed by atoms with van der Waals surface area (Å²) in [5.74, 6) is -0.485. The summed E-state index contributed by atoms with van der Waals surface area (Å²) in [4.78, 5) is 20.1. The zero-order valence-corrected chi connectivity index (χ0v) is 15.7. The number of amides is 1. The molecule has 4 nitrogen and oxygen atoms in total. The number of fused-ring (bicyclic) bond motifs is 1. The normalized spacial score (nSPS) is 11.9. The Morgan fingerprint density at radius 3 is 2.56 bits per heavy atom. The van der Waals surface area contributed by atoms with Gasteiger partial charge in [0.15, 0.2) is 5.13 Å². The van der Waals surface area contributed by atoms with E-state index in [9.17, 15) is 18.0 Å². The number of anilines is 1. The molecule has 3 rings (SSSR count). The lowest BCUT2D eigenvalue weighted by atomic mass is 10.1. The number of carbonyl (C=O) groups is 1. The van der Waals surface area contributed by atoms with Gasteiger partial charge >= 0.3 is 6.18 Å². The van der Waals surface area contributed by atoms with Gasteiger partial charge in [-0.2, -0.15) is 13.2 Å². The Balaban J connectivity index is 1.98. The third kappa shape index (κ3) is 4.45. The lowest BCUT2D eigenvalue weighted by molar-refractivity contribution is -0.856. The summed E-state index contributed by atoms with van der Waals surface area (Å²) in [6.07, 6.45) is -4.50. The van der Waals surface area contributed by atoms with Crippen LogP contribution in [0.15, 0.2) is 48.5 Å². The van der Waals surface area contributed by atoms with Gasteiger partial charge in [-0.05, 0) is 30.3 Å². The number of hydrogen-bond acceptors (Lipinski definition) is 3. The number of nitrogens with zero attached hydrogens (tertiary/aromatic N) is 2. The molecule has 0 atom stereocenters. The zero-order valence-electron chi connectivity index (χ0n) is 14.9. The number of thiazole rings is 1. The second-order valence-corrected chi connectivity index (χ2v) is 7.47. The first kappa shape index (κ1) is 19.3. The van der Waals surface area contributed by atoms with Crippen molar-refractivity contribution in [3.63, 3.8) is 0 Å². The van der Waals surface area contributed by atoms with E-state index >= 15 is 0 Å². The largest absolute Gasteiger partial charge is 0.416 e. The van der Waals surface area contributed by atoms with Gasteiger partial charge in [-0.3, -0.25) is 9.69 Å². The predicted molar refractivity (Wildman–Crippen MR) is 100 cm³/mol. The number of halogens is 3. The number of hydrogen-bond donors (Lipinski definition) is 1. The number of aromatic nitrogens is 1. The minimum atomic E-state index is -4.50. The molecule has 0 fully saturated rings. The van der Waals surface area contributed by atoms with Crippen LogP contribution in [-0.4, -0.2) is 38.1 Å². The topological polar surface area (TPSA) is 37.6 Å². The van der Waals surface area contributed by atoms with Crippen LogP contribution in [0.3, 0.4) is 0 Å². The van der Waals surface area contributed by atoms with E-state index in [4.69, 9.17) is 0 Å². The van der Waals surface area contributed by atoms with Crippen LogP contribution >= 0.6 is 11.3 Å². The molecule has 0 radical (unpaired) electrons. The number of quaternary nitrogens is 1. The predicted octanol–water partition coefficient (Wildman–Crippen LogP) is 3.11. The molecule has 0 bridgehead atoms. The molecule has 0 aliphatic carbocycles. The van der Waals surface area contributed by atoms with E-state index < -0.39 is 17.6 Å². The Labute approximate surface area is 158 Å². The highest BCUT2D eigenvalue weighted by Gasteiger charge is 2.32. The van der Waals surface area contributed by atoms with Gasteiger partial charge in [0, 0.05) is 5.56 Å². The molecule has 8 heteroatoms. The van der Waals surface area contributed by atoms with Crippen molar-refractivity contribution in [3.05, 3.63) is 59.7 Å². The first-order valence-corrected chi connectivity index (χ1v) is 9.21. The monoisotopic (exact) mass is 394 g/mol. The molecule has 27 heavy (non-hydrogen) atoms. The molecule has 1 heterocycles. The van der Waals surface area contributed by atoms with Crippen LogP contribution in [0.1, 0.15) is 15.9 Å². The Kier molecular flexibility index (Phi) is 5.48. The van der Waals surface area contributed by atoms with Gasteiger partial charge in [0.2, 0.25) is 0 Å². The molecule has 0 aliphatic rings. The number of benzene rings is 2. The maximum absolute atomic E-state index is 13.0. The lowest BCUT2D eigenvalue weighted by Crippen LogP contribution is -3.06. The van der Waals surface area contributed by atoms with E-state index in [0.717, 1.165) is 27.2 Å². The van der Waals surface area contributed by atoms with Gasteiger partial charge in [-0.15, -0.1) is 0 Å². The SMILES string of the molecule is C[NH+](C)CCN(C(=O)c1cccc(C(F)(F)F)c1)c1nc2ccccc2s1. The second kappa shape index (κ2) is 7.66. The number of likely N-dealkylation sites (N-methyl/N-ethyl adjacent to an activating group) is 1. The summed E-state index contributed by atoms with van der Waals surface area (Å²) in [5.41, 5.74) is -0.0785. The van der Waals surface area contributed by atoms with E-state index in [1.807, 2.05) is 38.4 Å². The molecule has 142 valence electrons. The van der Waals surface area contributed by atoms with Crippen molar-refractivity contribution in [2.45, 2.75) is 6.18 Å². The van der Waals surface area contributed by atoms with Crippen molar-refractivity contribution in [1.82, 2.24) is 4.98 Å². The van der Waals surface area contributed by atoms with E-state index in [1.54, 1.807) is 0 Å². The number of rotatable bonds is 5. The first-order valence-electron chi connectivity index (χ1n) is 8.39. The summed E-state index contributed by atoms with van der Waals surface area (Å²) in [6.45, 7) is 0.998. The number of nitrogens with one attached hydrogen (secondary N) is 1. The first-order chi connectivity index (χ1) is 12.8. The molecular formula is C19H19F3N3OS+. The van der Waals surface area contributed by atoms with Gasteiger partial charge in [-0.25, -0.2) is 4.98 Å². The second-order valence-electron chi connectivity index (χ2n) is 6.46. The molecule has 1 N–H and O–H groups in total. The summed E-state index contributed by atoms with van der Waals surface area (Å²) < 4.78 is 40.0. The van der Waals surface area contributed by atoms with Gasteiger partial charge in [-0.1, -0.05) is 29.5 Å². The third-order valence-corrected chi connectivity index (χ3v) is 5.09. The average Bonchev–Trinajstić information content (AvgIpc) is 3.04. The molecule has 2 aromatic carbocycles. The maximum Gasteiger partial charge on any atom is 0.416 e. The molecule has 0 saturated heterocycles. The zero-order chi connectivity index (χ0) is 19.6. The van der Waals surface area contributed by atoms with Crippen molar-refractivity contribution in [2.24, 2.45) is 0 Å². The van der Waals surface area contributed by atoms with Crippen molar-refractivity contribution in [3.8, 4) is 0 Å². The average molecular weight is 394 g/mol. The minimum absolute atomic E-state index is 0.00200. The minimum Gasteiger partial charge on any atom is -0.338 e. The van der Waals surface area contributed by atoms with Crippen molar-refractivity contribution in [1.29, 1.82) is 0 Å². The highest BCUT2D eigenvalue weighted by atomic mass is 32.1. The number of para-hydroxylation sites is 1. The van der Waals surface area contributed by atoms with Crippen molar-refractivity contribution in [2.75, 3.05) is 32.1 Å². The third-order valence-electron chi connectivity index (χ3n) is 4.03. The molecule has 1 amide bonds. The Morgan fingerprint density at radius 2 is 1.89 bits per heavy atom. The molecule has 1 aromatic heterocycles. The van der Waals surface area contributed by atoms with Crippen LogP contribution in [-0.2, 0) is 6.18 Å². The van der Waals surface area contributed by atoms with Crippen LogP contribution in [0.25, 0.3) is 10.2 Å². The van der Waals surface area contributed by atoms with Gasteiger partial charge in [0.05, 0.1) is 43.0 Å². The van der Waals surface area contributed by atoms with Crippen molar-refractivity contribution < 1.29 is 22.9 Å².